The number of hydrogen-bond acceptors (Lipinski definition) is 4. The Labute approximate surface area is 135 Å². The van der Waals surface area contributed by atoms with E-state index in [1.807, 2.05) is 19.1 Å². The molecular weight excluding hydrogens is 307 g/mol. The van der Waals surface area contributed by atoms with Crippen molar-refractivity contribution in [2.75, 3.05) is 23.3 Å². The highest BCUT2D eigenvalue weighted by molar-refractivity contribution is 6.36. The van der Waals surface area contributed by atoms with Gasteiger partial charge in [0.25, 0.3) is 0 Å². The Bertz CT molecular complexity index is 627. The maximum absolute atomic E-state index is 6.18. The van der Waals surface area contributed by atoms with Gasteiger partial charge in [0.05, 0.1) is 10.7 Å². The van der Waals surface area contributed by atoms with E-state index in [2.05, 4.69) is 34.0 Å². The second kappa shape index (κ2) is 6.96. The first-order valence-electron chi connectivity index (χ1n) is 6.86. The van der Waals surface area contributed by atoms with Crippen molar-refractivity contribution in [3.05, 3.63) is 40.0 Å². The molecule has 0 spiro atoms. The van der Waals surface area contributed by atoms with Crippen LogP contribution in [-0.4, -0.2) is 23.1 Å². The summed E-state index contributed by atoms with van der Waals surface area (Å²) in [4.78, 5) is 11.1. The van der Waals surface area contributed by atoms with E-state index in [-0.39, 0.29) is 0 Å². The van der Waals surface area contributed by atoms with Crippen LogP contribution in [0.3, 0.4) is 0 Å². The van der Waals surface area contributed by atoms with Gasteiger partial charge in [0, 0.05) is 29.9 Å². The maximum atomic E-state index is 6.18. The molecule has 1 aromatic carbocycles. The van der Waals surface area contributed by atoms with Crippen LogP contribution in [-0.2, 0) is 0 Å². The van der Waals surface area contributed by atoms with E-state index >= 15 is 0 Å². The predicted molar refractivity (Wildman–Crippen MR) is 90.1 cm³/mol. The number of halogens is 2. The summed E-state index contributed by atoms with van der Waals surface area (Å²) in [5.74, 6) is 1.43. The van der Waals surface area contributed by atoms with Gasteiger partial charge >= 0.3 is 0 Å². The molecule has 0 fully saturated rings. The Morgan fingerprint density at radius 1 is 1.10 bits per heavy atom. The first-order valence-corrected chi connectivity index (χ1v) is 7.61. The Morgan fingerprint density at radius 2 is 1.81 bits per heavy atom. The summed E-state index contributed by atoms with van der Waals surface area (Å²) in [7, 11) is 0. The molecule has 0 atom stereocenters. The summed E-state index contributed by atoms with van der Waals surface area (Å²) < 4.78 is 0. The molecule has 2 aromatic rings. The van der Waals surface area contributed by atoms with Crippen LogP contribution in [0.2, 0.25) is 10.0 Å². The Kier molecular flexibility index (Phi) is 5.26. The molecule has 0 unspecified atom stereocenters. The number of anilines is 3. The quantitative estimate of drug-likeness (QED) is 0.866. The molecule has 21 heavy (non-hydrogen) atoms. The average Bonchev–Trinajstić information content (AvgIpc) is 2.43. The number of nitrogens with one attached hydrogen (secondary N) is 1. The molecule has 0 aliphatic rings. The fourth-order valence-corrected chi connectivity index (χ4v) is 2.45. The van der Waals surface area contributed by atoms with Crippen molar-refractivity contribution in [2.45, 2.75) is 20.8 Å². The lowest BCUT2D eigenvalue weighted by Gasteiger charge is -2.19. The molecule has 0 amide bonds. The van der Waals surface area contributed by atoms with E-state index in [4.69, 9.17) is 23.2 Å². The predicted octanol–water partition coefficient (Wildman–Crippen LogP) is 4.68. The lowest BCUT2D eigenvalue weighted by atomic mass is 10.3. The molecule has 0 bridgehead atoms. The Hall–Kier alpha value is -1.52. The van der Waals surface area contributed by atoms with Crippen molar-refractivity contribution in [1.82, 2.24) is 9.97 Å². The van der Waals surface area contributed by atoms with Gasteiger partial charge < -0.3 is 10.2 Å². The lowest BCUT2D eigenvalue weighted by molar-refractivity contribution is 0.817. The van der Waals surface area contributed by atoms with Gasteiger partial charge in [-0.3, -0.25) is 0 Å². The molecule has 1 aromatic heterocycles. The SMILES string of the molecule is CCN(CC)c1nc(C)cc(Nc2ccc(Cl)cc2Cl)n1. The first kappa shape index (κ1) is 15.9. The molecule has 0 saturated heterocycles. The lowest BCUT2D eigenvalue weighted by Crippen LogP contribution is -2.24. The third-order valence-electron chi connectivity index (χ3n) is 3.08. The van der Waals surface area contributed by atoms with Gasteiger partial charge in [0.2, 0.25) is 5.95 Å². The van der Waals surface area contributed by atoms with Gasteiger partial charge in [-0.25, -0.2) is 4.98 Å². The molecule has 0 saturated carbocycles. The highest BCUT2D eigenvalue weighted by Crippen LogP contribution is 2.28. The fourth-order valence-electron chi connectivity index (χ4n) is 1.99. The van der Waals surface area contributed by atoms with E-state index in [1.54, 1.807) is 12.1 Å². The minimum absolute atomic E-state index is 0.558. The minimum atomic E-state index is 0.558. The molecule has 1 heterocycles. The third kappa shape index (κ3) is 3.99. The van der Waals surface area contributed by atoms with Crippen LogP contribution in [0.5, 0.6) is 0 Å². The van der Waals surface area contributed by atoms with Crippen molar-refractivity contribution in [2.24, 2.45) is 0 Å². The standard InChI is InChI=1S/C15H18Cl2N4/c1-4-21(5-2)15-18-10(3)8-14(20-15)19-13-7-6-11(16)9-12(13)17/h6-9H,4-5H2,1-3H3,(H,18,19,20). The normalized spacial score (nSPS) is 10.5. The maximum Gasteiger partial charge on any atom is 0.227 e. The number of nitrogens with zero attached hydrogens (tertiary/aromatic N) is 3. The van der Waals surface area contributed by atoms with Crippen molar-refractivity contribution < 1.29 is 0 Å². The fraction of sp³-hybridized carbons (Fsp3) is 0.333. The second-order valence-corrected chi connectivity index (χ2v) is 5.46. The van der Waals surface area contributed by atoms with Crippen molar-refractivity contribution in [1.29, 1.82) is 0 Å². The number of benzene rings is 1. The van der Waals surface area contributed by atoms with Crippen LogP contribution in [0.4, 0.5) is 17.5 Å². The smallest absolute Gasteiger partial charge is 0.227 e. The van der Waals surface area contributed by atoms with E-state index in [0.717, 1.165) is 24.5 Å². The van der Waals surface area contributed by atoms with Crippen molar-refractivity contribution in [3.8, 4) is 0 Å². The molecule has 6 heteroatoms. The van der Waals surface area contributed by atoms with Gasteiger partial charge in [-0.05, 0) is 39.0 Å². The molecule has 1 N–H and O–H groups in total. The monoisotopic (exact) mass is 324 g/mol. The van der Waals surface area contributed by atoms with E-state index in [1.165, 1.54) is 0 Å². The summed E-state index contributed by atoms with van der Waals surface area (Å²) in [5.41, 5.74) is 1.67. The van der Waals surface area contributed by atoms with Crippen molar-refractivity contribution >= 4 is 40.7 Å². The average molecular weight is 325 g/mol. The van der Waals surface area contributed by atoms with Gasteiger partial charge in [-0.2, -0.15) is 4.98 Å². The van der Waals surface area contributed by atoms with Gasteiger partial charge in [-0.15, -0.1) is 0 Å². The van der Waals surface area contributed by atoms with Crippen LogP contribution in [0, 0.1) is 6.92 Å². The number of rotatable bonds is 5. The molecule has 0 aliphatic heterocycles. The topological polar surface area (TPSA) is 41.1 Å². The second-order valence-electron chi connectivity index (χ2n) is 4.62. The number of hydrogen-bond donors (Lipinski definition) is 1. The van der Waals surface area contributed by atoms with E-state index < -0.39 is 0 Å². The highest BCUT2D eigenvalue weighted by atomic mass is 35.5. The Morgan fingerprint density at radius 3 is 2.43 bits per heavy atom. The van der Waals surface area contributed by atoms with Crippen LogP contribution >= 0.6 is 23.2 Å². The molecular formula is C15H18Cl2N4. The van der Waals surface area contributed by atoms with Crippen LogP contribution in [0.15, 0.2) is 24.3 Å². The third-order valence-corrected chi connectivity index (χ3v) is 3.63. The first-order chi connectivity index (χ1) is 10.0. The number of aryl methyl sites for hydroxylation is 1. The summed E-state index contributed by atoms with van der Waals surface area (Å²) in [6.45, 7) is 7.84. The van der Waals surface area contributed by atoms with Crippen LogP contribution in [0.25, 0.3) is 0 Å². The molecule has 0 radical (unpaired) electrons. The molecule has 4 nitrogen and oxygen atoms in total. The van der Waals surface area contributed by atoms with E-state index in [0.29, 0.717) is 21.8 Å². The van der Waals surface area contributed by atoms with Gasteiger partial charge in [0.1, 0.15) is 5.82 Å². The molecule has 0 aliphatic carbocycles. The molecule has 112 valence electrons. The zero-order valence-electron chi connectivity index (χ0n) is 12.3. The van der Waals surface area contributed by atoms with Crippen LogP contribution in [0.1, 0.15) is 19.5 Å². The van der Waals surface area contributed by atoms with Crippen LogP contribution < -0.4 is 10.2 Å². The van der Waals surface area contributed by atoms with Gasteiger partial charge in [-0.1, -0.05) is 23.2 Å². The highest BCUT2D eigenvalue weighted by Gasteiger charge is 2.09. The Balaban J connectivity index is 2.31. The number of aromatic nitrogens is 2. The summed E-state index contributed by atoms with van der Waals surface area (Å²) in [5, 5.41) is 4.38. The zero-order chi connectivity index (χ0) is 15.4. The molecule has 2 rings (SSSR count). The summed E-state index contributed by atoms with van der Waals surface area (Å²) >= 11 is 12.1. The van der Waals surface area contributed by atoms with Gasteiger partial charge in [0.15, 0.2) is 0 Å². The van der Waals surface area contributed by atoms with E-state index in [9.17, 15) is 0 Å². The zero-order valence-corrected chi connectivity index (χ0v) is 13.8. The summed E-state index contributed by atoms with van der Waals surface area (Å²) in [6.07, 6.45) is 0. The minimum Gasteiger partial charge on any atom is -0.341 e. The summed E-state index contributed by atoms with van der Waals surface area (Å²) in [6, 6.07) is 7.21. The largest absolute Gasteiger partial charge is 0.341 e. The van der Waals surface area contributed by atoms with Crippen molar-refractivity contribution in [3.63, 3.8) is 0 Å².